The smallest absolute Gasteiger partial charge is 0.150 e. The zero-order valence-electron chi connectivity index (χ0n) is 10.4. The topological polar surface area (TPSA) is 60.2 Å². The maximum Gasteiger partial charge on any atom is 0.150 e. The molecule has 4 heteroatoms. The van der Waals surface area contributed by atoms with E-state index in [1.165, 1.54) is 0 Å². The van der Waals surface area contributed by atoms with Crippen molar-refractivity contribution < 1.29 is 8.42 Å². The fourth-order valence-corrected chi connectivity index (χ4v) is 2.22. The van der Waals surface area contributed by atoms with Crippen molar-refractivity contribution in [2.75, 3.05) is 11.5 Å². The van der Waals surface area contributed by atoms with Gasteiger partial charge < -0.3 is 5.73 Å². The summed E-state index contributed by atoms with van der Waals surface area (Å²) in [4.78, 5) is 0. The summed E-state index contributed by atoms with van der Waals surface area (Å²) in [5, 5.41) is 0. The molecule has 0 rings (SSSR count). The van der Waals surface area contributed by atoms with Gasteiger partial charge in [0.1, 0.15) is 9.84 Å². The SMILES string of the molecule is CCC(C)(C)C(N)CCCS(=O)(=O)CC. The second kappa shape index (κ2) is 5.85. The lowest BCUT2D eigenvalue weighted by Crippen LogP contribution is -2.37. The predicted octanol–water partition coefficient (Wildman–Crippen LogP) is 1.96. The molecule has 0 radical (unpaired) electrons. The number of hydrogen-bond acceptors (Lipinski definition) is 3. The van der Waals surface area contributed by atoms with E-state index in [1.807, 2.05) is 0 Å². The Balaban J connectivity index is 3.98. The minimum Gasteiger partial charge on any atom is -0.327 e. The van der Waals surface area contributed by atoms with E-state index in [0.29, 0.717) is 6.42 Å². The van der Waals surface area contributed by atoms with E-state index < -0.39 is 9.84 Å². The van der Waals surface area contributed by atoms with Gasteiger partial charge in [0.2, 0.25) is 0 Å². The molecule has 1 atom stereocenters. The quantitative estimate of drug-likeness (QED) is 0.734. The van der Waals surface area contributed by atoms with Crippen LogP contribution in [-0.4, -0.2) is 26.0 Å². The first kappa shape index (κ1) is 14.9. The highest BCUT2D eigenvalue weighted by molar-refractivity contribution is 7.91. The van der Waals surface area contributed by atoms with Gasteiger partial charge in [-0.05, 0) is 24.7 Å². The fraction of sp³-hybridized carbons (Fsp3) is 1.00. The van der Waals surface area contributed by atoms with E-state index in [2.05, 4.69) is 20.8 Å². The van der Waals surface area contributed by atoms with E-state index in [1.54, 1.807) is 6.92 Å². The van der Waals surface area contributed by atoms with Crippen molar-refractivity contribution in [1.82, 2.24) is 0 Å². The summed E-state index contributed by atoms with van der Waals surface area (Å²) < 4.78 is 22.5. The van der Waals surface area contributed by atoms with Crippen LogP contribution in [0.2, 0.25) is 0 Å². The summed E-state index contributed by atoms with van der Waals surface area (Å²) >= 11 is 0. The molecule has 0 spiro atoms. The van der Waals surface area contributed by atoms with Crippen molar-refractivity contribution in [3.05, 3.63) is 0 Å². The zero-order chi connectivity index (χ0) is 12.1. The fourth-order valence-electron chi connectivity index (χ4n) is 1.32. The van der Waals surface area contributed by atoms with Crippen LogP contribution < -0.4 is 5.73 Å². The van der Waals surface area contributed by atoms with Gasteiger partial charge in [-0.2, -0.15) is 0 Å². The minimum atomic E-state index is -2.82. The van der Waals surface area contributed by atoms with Crippen LogP contribution in [0.15, 0.2) is 0 Å². The average molecular weight is 235 g/mol. The second-order valence-electron chi connectivity index (χ2n) is 4.83. The zero-order valence-corrected chi connectivity index (χ0v) is 11.2. The molecular formula is C11H25NO2S. The molecule has 0 amide bonds. The molecule has 0 aliphatic carbocycles. The van der Waals surface area contributed by atoms with Gasteiger partial charge in [-0.25, -0.2) is 8.42 Å². The standard InChI is InChI=1S/C11H25NO2S/c1-5-11(3,4)10(12)8-7-9-15(13,14)6-2/h10H,5-9,12H2,1-4H3. The highest BCUT2D eigenvalue weighted by atomic mass is 32.2. The summed E-state index contributed by atoms with van der Waals surface area (Å²) in [6, 6.07) is 0.0922. The van der Waals surface area contributed by atoms with Crippen LogP contribution in [0, 0.1) is 5.41 Å². The number of nitrogens with two attached hydrogens (primary N) is 1. The van der Waals surface area contributed by atoms with Crippen LogP contribution in [0.25, 0.3) is 0 Å². The predicted molar refractivity (Wildman–Crippen MR) is 65.6 cm³/mol. The summed E-state index contributed by atoms with van der Waals surface area (Å²) in [5.41, 5.74) is 6.15. The maximum atomic E-state index is 11.3. The Morgan fingerprint density at radius 3 is 2.20 bits per heavy atom. The van der Waals surface area contributed by atoms with Crippen molar-refractivity contribution in [2.24, 2.45) is 11.1 Å². The maximum absolute atomic E-state index is 11.3. The van der Waals surface area contributed by atoms with Crippen molar-refractivity contribution in [2.45, 2.75) is 53.0 Å². The molecule has 0 saturated heterocycles. The highest BCUT2D eigenvalue weighted by Crippen LogP contribution is 2.26. The second-order valence-corrected chi connectivity index (χ2v) is 7.30. The van der Waals surface area contributed by atoms with Gasteiger partial charge in [0, 0.05) is 11.8 Å². The highest BCUT2D eigenvalue weighted by Gasteiger charge is 2.24. The number of hydrogen-bond donors (Lipinski definition) is 1. The summed E-state index contributed by atoms with van der Waals surface area (Å²) in [7, 11) is -2.82. The lowest BCUT2D eigenvalue weighted by atomic mass is 9.80. The lowest BCUT2D eigenvalue weighted by molar-refractivity contribution is 0.261. The summed E-state index contributed by atoms with van der Waals surface area (Å²) in [6.45, 7) is 8.06. The Bertz CT molecular complexity index is 270. The molecule has 0 saturated carbocycles. The van der Waals surface area contributed by atoms with E-state index in [-0.39, 0.29) is 23.0 Å². The van der Waals surface area contributed by atoms with Crippen LogP contribution in [0.4, 0.5) is 0 Å². The molecule has 0 aromatic carbocycles. The van der Waals surface area contributed by atoms with Crippen molar-refractivity contribution in [3.63, 3.8) is 0 Å². The minimum absolute atomic E-state index is 0.0922. The number of rotatable bonds is 7. The normalized spacial score (nSPS) is 15.3. The van der Waals surface area contributed by atoms with Crippen LogP contribution in [0.5, 0.6) is 0 Å². The van der Waals surface area contributed by atoms with Crippen LogP contribution in [-0.2, 0) is 9.84 Å². The Morgan fingerprint density at radius 1 is 1.27 bits per heavy atom. The van der Waals surface area contributed by atoms with E-state index in [0.717, 1.165) is 12.8 Å². The van der Waals surface area contributed by atoms with E-state index in [9.17, 15) is 8.42 Å². The third-order valence-electron chi connectivity index (χ3n) is 3.33. The number of sulfone groups is 1. The molecule has 15 heavy (non-hydrogen) atoms. The molecule has 1 unspecified atom stereocenters. The summed E-state index contributed by atoms with van der Waals surface area (Å²) in [6.07, 6.45) is 2.50. The third-order valence-corrected chi connectivity index (χ3v) is 5.12. The molecule has 0 aromatic heterocycles. The monoisotopic (exact) mass is 235 g/mol. The van der Waals surface area contributed by atoms with Crippen molar-refractivity contribution in [3.8, 4) is 0 Å². The van der Waals surface area contributed by atoms with Crippen molar-refractivity contribution in [1.29, 1.82) is 0 Å². The molecule has 0 bridgehead atoms. The Hall–Kier alpha value is -0.0900. The average Bonchev–Trinajstić information content (AvgIpc) is 2.17. The van der Waals surface area contributed by atoms with Gasteiger partial charge in [0.25, 0.3) is 0 Å². The van der Waals surface area contributed by atoms with Gasteiger partial charge in [-0.3, -0.25) is 0 Å². The Kier molecular flexibility index (Phi) is 5.81. The molecule has 0 aromatic rings. The first-order chi connectivity index (χ1) is 6.75. The first-order valence-corrected chi connectivity index (χ1v) is 7.53. The summed E-state index contributed by atoms with van der Waals surface area (Å²) in [5.74, 6) is 0.510. The van der Waals surface area contributed by atoms with Gasteiger partial charge in [-0.1, -0.05) is 27.7 Å². The van der Waals surface area contributed by atoms with Gasteiger partial charge in [0.15, 0.2) is 0 Å². The molecule has 92 valence electrons. The molecule has 2 N–H and O–H groups in total. The molecule has 0 aliphatic heterocycles. The molecule has 3 nitrogen and oxygen atoms in total. The molecular weight excluding hydrogens is 210 g/mol. The van der Waals surface area contributed by atoms with Crippen LogP contribution in [0.1, 0.15) is 47.0 Å². The van der Waals surface area contributed by atoms with Crippen LogP contribution in [0.3, 0.4) is 0 Å². The van der Waals surface area contributed by atoms with E-state index in [4.69, 9.17) is 5.73 Å². The van der Waals surface area contributed by atoms with Crippen LogP contribution >= 0.6 is 0 Å². The van der Waals surface area contributed by atoms with Gasteiger partial charge in [-0.15, -0.1) is 0 Å². The van der Waals surface area contributed by atoms with E-state index >= 15 is 0 Å². The Morgan fingerprint density at radius 2 is 1.80 bits per heavy atom. The molecule has 0 fully saturated rings. The van der Waals surface area contributed by atoms with Gasteiger partial charge >= 0.3 is 0 Å². The molecule has 0 heterocycles. The van der Waals surface area contributed by atoms with Gasteiger partial charge in [0.05, 0.1) is 5.75 Å². The largest absolute Gasteiger partial charge is 0.327 e. The third kappa shape index (κ3) is 5.52. The van der Waals surface area contributed by atoms with Crippen molar-refractivity contribution >= 4 is 9.84 Å². The lowest BCUT2D eigenvalue weighted by Gasteiger charge is -2.30. The Labute approximate surface area is 94.4 Å². The first-order valence-electron chi connectivity index (χ1n) is 5.71. The molecule has 0 aliphatic rings.